The maximum absolute atomic E-state index is 13.0. The van der Waals surface area contributed by atoms with E-state index in [2.05, 4.69) is 9.67 Å². The molecule has 3 heterocycles. The van der Waals surface area contributed by atoms with E-state index in [1.807, 2.05) is 78.3 Å². The smallest absolute Gasteiger partial charge is 0.339 e. The van der Waals surface area contributed by atoms with E-state index in [4.69, 9.17) is 31.0 Å². The first kappa shape index (κ1) is 24.9. The van der Waals surface area contributed by atoms with Crippen LogP contribution in [-0.4, -0.2) is 43.0 Å². The molecule has 8 nitrogen and oxygen atoms in total. The van der Waals surface area contributed by atoms with Gasteiger partial charge in [0.1, 0.15) is 11.3 Å². The van der Waals surface area contributed by atoms with Crippen LogP contribution in [0.1, 0.15) is 49.5 Å². The van der Waals surface area contributed by atoms with Gasteiger partial charge in [0, 0.05) is 40.7 Å². The summed E-state index contributed by atoms with van der Waals surface area (Å²) >= 11 is 6.19. The van der Waals surface area contributed by atoms with Crippen LogP contribution < -0.4 is 0 Å². The zero-order valence-corrected chi connectivity index (χ0v) is 21.8. The number of aromatic nitrogens is 5. The zero-order chi connectivity index (χ0) is 25.5. The van der Waals surface area contributed by atoms with Gasteiger partial charge in [0.2, 0.25) is 0 Å². The van der Waals surface area contributed by atoms with Crippen LogP contribution >= 0.6 is 11.6 Å². The third-order valence-corrected chi connectivity index (χ3v) is 5.93. The second-order valence-electron chi connectivity index (χ2n) is 9.57. The second kappa shape index (κ2) is 9.43. The molecule has 0 aliphatic carbocycles. The number of rotatable bonds is 6. The summed E-state index contributed by atoms with van der Waals surface area (Å²) in [6, 6.07) is 7.47. The first-order valence-electron chi connectivity index (χ1n) is 11.3. The first-order valence-corrected chi connectivity index (χ1v) is 11.7. The van der Waals surface area contributed by atoms with Crippen LogP contribution in [0.2, 0.25) is 5.02 Å². The Balaban J connectivity index is 2.02. The number of hydrogen-bond acceptors (Lipinski definition) is 6. The van der Waals surface area contributed by atoms with E-state index in [1.54, 1.807) is 4.68 Å². The Hall–Kier alpha value is -3.23. The molecule has 0 amide bonds. The molecule has 0 aliphatic heterocycles. The Kier molecular flexibility index (Phi) is 6.71. The number of ether oxygens (including phenoxy) is 2. The number of carbonyl (C=O) groups is 1. The minimum Gasteiger partial charge on any atom is -0.467 e. The number of hydrogen-bond donors (Lipinski definition) is 0. The second-order valence-corrected chi connectivity index (χ2v) is 10.0. The van der Waals surface area contributed by atoms with E-state index in [1.165, 1.54) is 7.11 Å². The number of methoxy groups -OCH3 is 1. The Morgan fingerprint density at radius 2 is 1.83 bits per heavy atom. The van der Waals surface area contributed by atoms with Crippen LogP contribution in [0.25, 0.3) is 22.3 Å². The molecule has 0 spiro atoms. The lowest BCUT2D eigenvalue weighted by Crippen LogP contribution is -2.29. The van der Waals surface area contributed by atoms with Gasteiger partial charge in [-0.15, -0.1) is 0 Å². The summed E-state index contributed by atoms with van der Waals surface area (Å²) in [6.07, 6.45) is 2.82. The number of fused-ring (bicyclic) bond motifs is 1. The Morgan fingerprint density at radius 1 is 1.14 bits per heavy atom. The topological polar surface area (TPSA) is 84.1 Å². The van der Waals surface area contributed by atoms with E-state index < -0.39 is 17.7 Å². The molecule has 1 atom stereocenters. The standard InChI is InChI=1S/C26H30ClN5O3/c1-15-20(23(25(33)34-7)35-26(3,4)5)21(18-8-10-19(27)11-9-18)22-24(29-15)32(16(2)30-22)14-17-12-28-31(6)13-17/h8-13,23H,14H2,1-7H3/t23-/m0/s1. The number of imidazole rings is 1. The normalized spacial score (nSPS) is 12.8. The van der Waals surface area contributed by atoms with Gasteiger partial charge in [-0.25, -0.2) is 14.8 Å². The van der Waals surface area contributed by atoms with E-state index in [-0.39, 0.29) is 0 Å². The van der Waals surface area contributed by atoms with Crippen LogP contribution in [0.4, 0.5) is 0 Å². The van der Waals surface area contributed by atoms with Crippen molar-refractivity contribution < 1.29 is 14.3 Å². The predicted octanol–water partition coefficient (Wildman–Crippen LogP) is 5.18. The third-order valence-electron chi connectivity index (χ3n) is 5.68. The van der Waals surface area contributed by atoms with E-state index >= 15 is 0 Å². The number of halogens is 1. The lowest BCUT2D eigenvalue weighted by molar-refractivity contribution is -0.164. The van der Waals surface area contributed by atoms with Crippen LogP contribution in [-0.2, 0) is 27.9 Å². The van der Waals surface area contributed by atoms with Crippen molar-refractivity contribution in [2.45, 2.75) is 52.9 Å². The number of benzene rings is 1. The summed E-state index contributed by atoms with van der Waals surface area (Å²) in [5, 5.41) is 4.90. The average Bonchev–Trinajstić information content (AvgIpc) is 3.33. The molecule has 35 heavy (non-hydrogen) atoms. The quantitative estimate of drug-likeness (QED) is 0.343. The first-order chi connectivity index (χ1) is 16.5. The van der Waals surface area contributed by atoms with Crippen molar-refractivity contribution in [1.82, 2.24) is 24.3 Å². The number of esters is 1. The maximum atomic E-state index is 13.0. The predicted molar refractivity (Wildman–Crippen MR) is 135 cm³/mol. The number of pyridine rings is 1. The molecule has 1 aromatic carbocycles. The summed E-state index contributed by atoms with van der Waals surface area (Å²) in [7, 11) is 3.25. The number of carbonyl (C=O) groups excluding carboxylic acids is 1. The highest BCUT2D eigenvalue weighted by atomic mass is 35.5. The SMILES string of the molecule is COC(=O)[C@@H](OC(C)(C)C)c1c(C)nc2c(nc(C)n2Cc2cnn(C)c2)c1-c1ccc(Cl)cc1. The van der Waals surface area contributed by atoms with Gasteiger partial charge in [-0.1, -0.05) is 23.7 Å². The average molecular weight is 496 g/mol. The monoisotopic (exact) mass is 495 g/mol. The zero-order valence-electron chi connectivity index (χ0n) is 21.1. The van der Waals surface area contributed by atoms with Crippen molar-refractivity contribution in [3.8, 4) is 11.1 Å². The van der Waals surface area contributed by atoms with Crippen molar-refractivity contribution >= 4 is 28.7 Å². The highest BCUT2D eigenvalue weighted by molar-refractivity contribution is 6.30. The van der Waals surface area contributed by atoms with Crippen LogP contribution in [0, 0.1) is 13.8 Å². The molecule has 0 aliphatic rings. The van der Waals surface area contributed by atoms with Crippen molar-refractivity contribution in [3.05, 3.63) is 64.3 Å². The highest BCUT2D eigenvalue weighted by Gasteiger charge is 2.34. The van der Waals surface area contributed by atoms with Gasteiger partial charge in [0.15, 0.2) is 11.8 Å². The van der Waals surface area contributed by atoms with Crippen LogP contribution in [0.5, 0.6) is 0 Å². The molecule has 0 fully saturated rings. The molecule has 4 aromatic rings. The fraction of sp³-hybridized carbons (Fsp3) is 0.385. The molecule has 184 valence electrons. The fourth-order valence-electron chi connectivity index (χ4n) is 4.20. The summed E-state index contributed by atoms with van der Waals surface area (Å²) in [6.45, 7) is 10.1. The van der Waals surface area contributed by atoms with Gasteiger partial charge in [-0.2, -0.15) is 5.10 Å². The molecular weight excluding hydrogens is 466 g/mol. The molecule has 4 rings (SSSR count). The number of aryl methyl sites for hydroxylation is 3. The molecule has 0 saturated heterocycles. The van der Waals surface area contributed by atoms with Gasteiger partial charge in [-0.3, -0.25) is 4.68 Å². The Labute approximate surface area is 209 Å². The third kappa shape index (κ3) is 5.09. The highest BCUT2D eigenvalue weighted by Crippen LogP contribution is 2.40. The van der Waals surface area contributed by atoms with Gasteiger partial charge in [0.25, 0.3) is 0 Å². The lowest BCUT2D eigenvalue weighted by atomic mass is 9.93. The van der Waals surface area contributed by atoms with Gasteiger partial charge < -0.3 is 14.0 Å². The molecule has 0 radical (unpaired) electrons. The molecular formula is C26H30ClN5O3. The molecule has 0 N–H and O–H groups in total. The van der Waals surface area contributed by atoms with Crippen LogP contribution in [0.15, 0.2) is 36.7 Å². The summed E-state index contributed by atoms with van der Waals surface area (Å²) < 4.78 is 15.2. The minimum atomic E-state index is -0.980. The van der Waals surface area contributed by atoms with Crippen LogP contribution in [0.3, 0.4) is 0 Å². The van der Waals surface area contributed by atoms with Crippen molar-refractivity contribution in [2.75, 3.05) is 7.11 Å². The molecule has 3 aromatic heterocycles. The molecule has 0 unspecified atom stereocenters. The summed E-state index contributed by atoms with van der Waals surface area (Å²) in [5.41, 5.74) is 4.76. The Morgan fingerprint density at radius 3 is 2.40 bits per heavy atom. The Bertz CT molecular complexity index is 1380. The lowest BCUT2D eigenvalue weighted by Gasteiger charge is -2.28. The fourth-order valence-corrected chi connectivity index (χ4v) is 4.33. The van der Waals surface area contributed by atoms with Gasteiger partial charge in [0.05, 0.1) is 25.5 Å². The minimum absolute atomic E-state index is 0.495. The molecule has 0 bridgehead atoms. The summed E-state index contributed by atoms with van der Waals surface area (Å²) in [4.78, 5) is 22.8. The number of nitrogens with zero attached hydrogens (tertiary/aromatic N) is 5. The molecule has 0 saturated carbocycles. The van der Waals surface area contributed by atoms with E-state index in [0.29, 0.717) is 28.3 Å². The van der Waals surface area contributed by atoms with Gasteiger partial charge in [-0.05, 0) is 52.3 Å². The summed E-state index contributed by atoms with van der Waals surface area (Å²) in [5.74, 6) is 0.306. The van der Waals surface area contributed by atoms with E-state index in [9.17, 15) is 4.79 Å². The van der Waals surface area contributed by atoms with E-state index in [0.717, 1.165) is 28.2 Å². The maximum Gasteiger partial charge on any atom is 0.339 e. The van der Waals surface area contributed by atoms with Crippen molar-refractivity contribution in [2.24, 2.45) is 7.05 Å². The van der Waals surface area contributed by atoms with Crippen molar-refractivity contribution in [1.29, 1.82) is 0 Å². The molecule has 9 heteroatoms. The van der Waals surface area contributed by atoms with Gasteiger partial charge >= 0.3 is 5.97 Å². The van der Waals surface area contributed by atoms with Crippen molar-refractivity contribution in [3.63, 3.8) is 0 Å². The largest absolute Gasteiger partial charge is 0.467 e.